The smallest absolute Gasteiger partial charge is 0.407 e. The maximum absolute atomic E-state index is 12.1. The van der Waals surface area contributed by atoms with E-state index in [0.717, 1.165) is 0 Å². The molecule has 0 saturated carbocycles. The van der Waals surface area contributed by atoms with E-state index in [9.17, 15) is 9.18 Å². The summed E-state index contributed by atoms with van der Waals surface area (Å²) in [4.78, 5) is 10.8. The molecule has 14 heavy (non-hydrogen) atoms. The van der Waals surface area contributed by atoms with Crippen molar-refractivity contribution in [2.45, 2.75) is 10.7 Å². The molecule has 0 aliphatic rings. The van der Waals surface area contributed by atoms with Crippen LogP contribution in [0.4, 0.5) is 9.18 Å². The maximum Gasteiger partial charge on any atom is 0.407 e. The molecule has 0 atom stereocenters. The van der Waals surface area contributed by atoms with E-state index in [0.29, 0.717) is 0 Å². The van der Waals surface area contributed by atoms with E-state index in [4.69, 9.17) is 34.8 Å². The number of ether oxygens (including phenoxy) is 1. The van der Waals surface area contributed by atoms with Gasteiger partial charge in [0.15, 0.2) is 0 Å². The van der Waals surface area contributed by atoms with Crippen LogP contribution in [0, 0.1) is 0 Å². The van der Waals surface area contributed by atoms with Gasteiger partial charge in [-0.05, 0) is 13.0 Å². The van der Waals surface area contributed by atoms with E-state index in [1.807, 2.05) is 0 Å². The number of nitrogens with one attached hydrogen (secondary N) is 1. The minimum atomic E-state index is -1.64. The molecule has 82 valence electrons. The van der Waals surface area contributed by atoms with Crippen molar-refractivity contribution in [3.8, 4) is 0 Å². The van der Waals surface area contributed by atoms with E-state index in [2.05, 4.69) is 10.1 Å². The van der Waals surface area contributed by atoms with Gasteiger partial charge in [-0.3, -0.25) is 0 Å². The van der Waals surface area contributed by atoms with Gasteiger partial charge in [-0.2, -0.15) is 0 Å². The van der Waals surface area contributed by atoms with Crippen LogP contribution in [0.2, 0.25) is 0 Å². The van der Waals surface area contributed by atoms with Gasteiger partial charge in [0.05, 0.1) is 5.83 Å². The Morgan fingerprint density at radius 2 is 2.14 bits per heavy atom. The number of amides is 1. The van der Waals surface area contributed by atoms with Crippen LogP contribution in [0.25, 0.3) is 0 Å². The minimum Gasteiger partial charge on any atom is -0.445 e. The second-order valence-electron chi connectivity index (χ2n) is 2.36. The van der Waals surface area contributed by atoms with Crippen LogP contribution in [0.1, 0.15) is 6.92 Å². The number of alkyl halides is 3. The molecule has 0 spiro atoms. The molecule has 1 amide bonds. The summed E-state index contributed by atoms with van der Waals surface area (Å²) in [5.74, 6) is -0.397. The monoisotopic (exact) mass is 263 g/mol. The summed E-state index contributed by atoms with van der Waals surface area (Å²) in [6, 6.07) is 0. The number of hydrogen-bond acceptors (Lipinski definition) is 2. The zero-order valence-corrected chi connectivity index (χ0v) is 9.59. The van der Waals surface area contributed by atoms with E-state index in [1.165, 1.54) is 13.0 Å². The van der Waals surface area contributed by atoms with Gasteiger partial charge in [-0.25, -0.2) is 9.18 Å². The predicted molar refractivity (Wildman–Crippen MR) is 54.5 cm³/mol. The summed E-state index contributed by atoms with van der Waals surface area (Å²) in [5, 5.41) is 2.23. The van der Waals surface area contributed by atoms with E-state index in [1.54, 1.807) is 0 Å². The van der Waals surface area contributed by atoms with Gasteiger partial charge >= 0.3 is 6.09 Å². The fraction of sp³-hybridized carbons (Fsp3) is 0.571. The Labute approximate surface area is 96.1 Å². The normalized spacial score (nSPS) is 12.5. The third-order valence-electron chi connectivity index (χ3n) is 0.997. The van der Waals surface area contributed by atoms with E-state index >= 15 is 0 Å². The van der Waals surface area contributed by atoms with Crippen molar-refractivity contribution < 1.29 is 13.9 Å². The van der Waals surface area contributed by atoms with Crippen LogP contribution in [0.5, 0.6) is 0 Å². The molecular formula is C7H9Cl3FNO2. The van der Waals surface area contributed by atoms with Crippen LogP contribution in [-0.2, 0) is 4.74 Å². The highest BCUT2D eigenvalue weighted by Crippen LogP contribution is 2.25. The molecule has 0 unspecified atom stereocenters. The Morgan fingerprint density at radius 1 is 1.57 bits per heavy atom. The summed E-state index contributed by atoms with van der Waals surface area (Å²) < 4.78 is 15.0. The molecule has 0 rings (SSSR count). The van der Waals surface area contributed by atoms with Gasteiger partial charge in [0.1, 0.15) is 6.61 Å². The van der Waals surface area contributed by atoms with Crippen molar-refractivity contribution in [3.63, 3.8) is 0 Å². The summed E-state index contributed by atoms with van der Waals surface area (Å²) in [6.45, 7) is 0.928. The van der Waals surface area contributed by atoms with Crippen LogP contribution < -0.4 is 5.32 Å². The number of hydrogen-bond donors (Lipinski definition) is 1. The number of carbonyl (C=O) groups is 1. The van der Waals surface area contributed by atoms with Gasteiger partial charge in [-0.1, -0.05) is 34.8 Å². The third-order valence-corrected chi connectivity index (χ3v) is 1.32. The largest absolute Gasteiger partial charge is 0.445 e. The molecule has 0 aromatic carbocycles. The highest BCUT2D eigenvalue weighted by molar-refractivity contribution is 6.67. The molecule has 0 aromatic heterocycles. The van der Waals surface area contributed by atoms with Gasteiger partial charge in [0.2, 0.25) is 3.79 Å². The lowest BCUT2D eigenvalue weighted by molar-refractivity contribution is 0.149. The Hall–Kier alpha value is -0.190. The first kappa shape index (κ1) is 13.8. The minimum absolute atomic E-state index is 0.0288. The molecule has 0 fully saturated rings. The Bertz CT molecular complexity index is 223. The first-order valence-corrected chi connectivity index (χ1v) is 4.74. The molecule has 0 heterocycles. The fourth-order valence-electron chi connectivity index (χ4n) is 0.473. The lowest BCUT2D eigenvalue weighted by Gasteiger charge is -2.11. The molecule has 3 nitrogen and oxygen atoms in total. The molecule has 0 aliphatic carbocycles. The van der Waals surface area contributed by atoms with Crippen molar-refractivity contribution in [2.24, 2.45) is 0 Å². The average Bonchev–Trinajstić information content (AvgIpc) is 1.99. The van der Waals surface area contributed by atoms with Crippen molar-refractivity contribution in [1.82, 2.24) is 5.32 Å². The molecule has 0 saturated heterocycles. The van der Waals surface area contributed by atoms with Gasteiger partial charge in [-0.15, -0.1) is 0 Å². The molecule has 0 bridgehead atoms. The topological polar surface area (TPSA) is 38.3 Å². The Balaban J connectivity index is 3.62. The first-order chi connectivity index (χ1) is 6.31. The number of alkyl carbamates (subject to hydrolysis) is 1. The number of allylic oxidation sites excluding steroid dienone is 1. The molecule has 0 aromatic rings. The molecular weight excluding hydrogens is 255 g/mol. The highest BCUT2D eigenvalue weighted by Gasteiger charge is 2.21. The maximum atomic E-state index is 12.1. The van der Waals surface area contributed by atoms with Crippen LogP contribution in [0.15, 0.2) is 11.9 Å². The zero-order valence-electron chi connectivity index (χ0n) is 7.32. The molecule has 0 aliphatic heterocycles. The quantitative estimate of drug-likeness (QED) is 0.796. The summed E-state index contributed by atoms with van der Waals surface area (Å²) >= 11 is 15.9. The van der Waals surface area contributed by atoms with Crippen LogP contribution >= 0.6 is 34.8 Å². The second-order valence-corrected chi connectivity index (χ2v) is 4.88. The van der Waals surface area contributed by atoms with Crippen molar-refractivity contribution in [3.05, 3.63) is 11.9 Å². The first-order valence-electron chi connectivity index (χ1n) is 3.61. The van der Waals surface area contributed by atoms with Crippen molar-refractivity contribution in [1.29, 1.82) is 0 Å². The van der Waals surface area contributed by atoms with Crippen molar-refractivity contribution >= 4 is 40.9 Å². The van der Waals surface area contributed by atoms with E-state index in [-0.39, 0.29) is 13.2 Å². The molecule has 1 N–H and O–H groups in total. The number of rotatable bonds is 3. The van der Waals surface area contributed by atoms with Crippen LogP contribution in [-0.4, -0.2) is 23.0 Å². The van der Waals surface area contributed by atoms with Gasteiger partial charge in [0.25, 0.3) is 0 Å². The van der Waals surface area contributed by atoms with Crippen LogP contribution in [0.3, 0.4) is 0 Å². The SMILES string of the molecule is CC(F)=CCNC(=O)OCC(Cl)(Cl)Cl. The van der Waals surface area contributed by atoms with E-state index < -0.39 is 15.7 Å². The zero-order chi connectivity index (χ0) is 11.2. The average molecular weight is 265 g/mol. The van der Waals surface area contributed by atoms with Gasteiger partial charge < -0.3 is 10.1 Å². The second kappa shape index (κ2) is 6.32. The van der Waals surface area contributed by atoms with Crippen molar-refractivity contribution in [2.75, 3.05) is 13.2 Å². The fourth-order valence-corrected chi connectivity index (χ4v) is 0.637. The van der Waals surface area contributed by atoms with Gasteiger partial charge in [0, 0.05) is 6.54 Å². The summed E-state index contributed by atoms with van der Waals surface area (Å²) in [5.41, 5.74) is 0. The Morgan fingerprint density at radius 3 is 2.57 bits per heavy atom. The highest BCUT2D eigenvalue weighted by atomic mass is 35.6. The number of halogens is 4. The Kier molecular flexibility index (Phi) is 6.24. The third kappa shape index (κ3) is 9.89. The summed E-state index contributed by atoms with van der Waals surface area (Å²) in [6.07, 6.45) is 0.408. The molecule has 7 heteroatoms. The lowest BCUT2D eigenvalue weighted by Crippen LogP contribution is -2.28. The standard InChI is InChI=1S/C7H9Cl3FNO2/c1-5(11)2-3-12-6(13)14-4-7(8,9)10/h2H,3-4H2,1H3,(H,12,13). The summed E-state index contributed by atoms with van der Waals surface area (Å²) in [7, 11) is 0. The predicted octanol–water partition coefficient (Wildman–Crippen LogP) is 2.96. The number of carbonyl (C=O) groups excluding carboxylic acids is 1. The molecule has 0 radical (unpaired) electrons. The lowest BCUT2D eigenvalue weighted by atomic mass is 10.5.